The number of rotatable bonds is 3. The summed E-state index contributed by atoms with van der Waals surface area (Å²) < 4.78 is 0. The summed E-state index contributed by atoms with van der Waals surface area (Å²) in [6.07, 6.45) is 0.925. The van der Waals surface area contributed by atoms with Gasteiger partial charge in [0.2, 0.25) is 5.96 Å². The largest absolute Gasteiger partial charge is 0.246 e. The zero-order chi connectivity index (χ0) is 14.1. The van der Waals surface area contributed by atoms with Crippen molar-refractivity contribution < 1.29 is 0 Å². The summed E-state index contributed by atoms with van der Waals surface area (Å²) in [7, 11) is 0. The van der Waals surface area contributed by atoms with Crippen LogP contribution in [0.25, 0.3) is 0 Å². The number of para-hydroxylation sites is 1. The Kier molecular flexibility index (Phi) is 2.88. The third-order valence-electron chi connectivity index (χ3n) is 3.70. The molecule has 0 aliphatic carbocycles. The second kappa shape index (κ2) is 5.01. The Hall–Kier alpha value is -2.69. The van der Waals surface area contributed by atoms with Crippen LogP contribution < -0.4 is 0 Å². The fourth-order valence-electron chi connectivity index (χ4n) is 2.57. The molecule has 0 saturated carbocycles. The molecule has 2 heterocycles. The first-order valence-corrected chi connectivity index (χ1v) is 7.07. The predicted octanol–water partition coefficient (Wildman–Crippen LogP) is 3.33. The summed E-state index contributed by atoms with van der Waals surface area (Å²) in [5.74, 6) is 0.824. The number of guanidine groups is 1. The van der Waals surface area contributed by atoms with E-state index in [-0.39, 0.29) is 0 Å². The SMILES string of the molecule is c1ccc(CCN2N=NN3Cc4ccccc4N=C23)cc1. The number of fused-ring (bicyclic) bond motifs is 2. The molecule has 2 aliphatic rings. The molecule has 2 aliphatic heterocycles. The normalized spacial score (nSPS) is 15.7. The number of benzene rings is 2. The molecule has 4 rings (SSSR count). The van der Waals surface area contributed by atoms with Crippen molar-refractivity contribution >= 4 is 11.6 Å². The summed E-state index contributed by atoms with van der Waals surface area (Å²) in [6, 6.07) is 18.6. The lowest BCUT2D eigenvalue weighted by atomic mass is 10.1. The molecular formula is C16H15N5. The van der Waals surface area contributed by atoms with Gasteiger partial charge in [-0.25, -0.2) is 15.0 Å². The quantitative estimate of drug-likeness (QED) is 0.863. The highest BCUT2D eigenvalue weighted by molar-refractivity contribution is 5.85. The van der Waals surface area contributed by atoms with E-state index >= 15 is 0 Å². The van der Waals surface area contributed by atoms with Crippen LogP contribution in [0.5, 0.6) is 0 Å². The maximum atomic E-state index is 4.68. The van der Waals surface area contributed by atoms with Crippen molar-refractivity contribution in [2.24, 2.45) is 15.4 Å². The van der Waals surface area contributed by atoms with Gasteiger partial charge < -0.3 is 0 Å². The molecule has 0 amide bonds. The smallest absolute Gasteiger partial charge is 0.212 e. The topological polar surface area (TPSA) is 43.6 Å². The van der Waals surface area contributed by atoms with Crippen molar-refractivity contribution in [2.75, 3.05) is 6.54 Å². The van der Waals surface area contributed by atoms with E-state index in [1.54, 1.807) is 0 Å². The van der Waals surface area contributed by atoms with E-state index in [0.29, 0.717) is 0 Å². The van der Waals surface area contributed by atoms with E-state index in [4.69, 9.17) is 0 Å². The number of nitrogens with zero attached hydrogens (tertiary/aromatic N) is 5. The van der Waals surface area contributed by atoms with E-state index < -0.39 is 0 Å². The van der Waals surface area contributed by atoms with E-state index in [1.165, 1.54) is 11.1 Å². The number of hydrogen-bond donors (Lipinski definition) is 0. The molecule has 0 unspecified atom stereocenters. The Labute approximate surface area is 123 Å². The fourth-order valence-corrected chi connectivity index (χ4v) is 2.57. The lowest BCUT2D eigenvalue weighted by Crippen LogP contribution is -2.35. The van der Waals surface area contributed by atoms with Crippen LogP contribution in [0.2, 0.25) is 0 Å². The Bertz CT molecular complexity index is 708. The van der Waals surface area contributed by atoms with Gasteiger partial charge in [0.25, 0.3) is 0 Å². The van der Waals surface area contributed by atoms with Crippen LogP contribution in [-0.2, 0) is 13.0 Å². The molecule has 0 radical (unpaired) electrons. The van der Waals surface area contributed by atoms with Crippen LogP contribution in [0.15, 0.2) is 70.0 Å². The summed E-state index contributed by atoms with van der Waals surface area (Å²) in [5, 5.41) is 12.2. The molecule has 0 aromatic heterocycles. The second-order valence-electron chi connectivity index (χ2n) is 5.14. The van der Waals surface area contributed by atoms with Gasteiger partial charge in [0.1, 0.15) is 0 Å². The van der Waals surface area contributed by atoms with Gasteiger partial charge in [0.05, 0.1) is 18.8 Å². The molecule has 5 heteroatoms. The molecule has 0 N–H and O–H groups in total. The second-order valence-corrected chi connectivity index (χ2v) is 5.14. The maximum absolute atomic E-state index is 4.68. The van der Waals surface area contributed by atoms with Gasteiger partial charge in [-0.1, -0.05) is 48.5 Å². The van der Waals surface area contributed by atoms with E-state index in [9.17, 15) is 0 Å². The molecule has 5 nitrogen and oxygen atoms in total. The standard InChI is InChI=1S/C16H15N5/c1-2-6-13(7-3-1)10-11-20-16-17-15-9-5-4-8-14(15)12-21(16)19-18-20/h1-9H,10-12H2. The van der Waals surface area contributed by atoms with E-state index in [1.807, 2.05) is 34.3 Å². The Balaban J connectivity index is 1.53. The van der Waals surface area contributed by atoms with Crippen LogP contribution in [0, 0.1) is 0 Å². The van der Waals surface area contributed by atoms with Gasteiger partial charge >= 0.3 is 0 Å². The summed E-state index contributed by atoms with van der Waals surface area (Å²) in [5.41, 5.74) is 3.49. The number of aliphatic imine (C=N–C) groups is 1. The maximum Gasteiger partial charge on any atom is 0.246 e. The minimum atomic E-state index is 0.736. The first-order valence-electron chi connectivity index (χ1n) is 7.07. The van der Waals surface area contributed by atoms with Gasteiger partial charge in [-0.05, 0) is 34.1 Å². The zero-order valence-electron chi connectivity index (χ0n) is 11.6. The van der Waals surface area contributed by atoms with Gasteiger partial charge in [0, 0.05) is 0 Å². The monoisotopic (exact) mass is 277 g/mol. The van der Waals surface area contributed by atoms with E-state index in [0.717, 1.165) is 31.2 Å². The average molecular weight is 277 g/mol. The van der Waals surface area contributed by atoms with Gasteiger partial charge in [0.15, 0.2) is 0 Å². The predicted molar refractivity (Wildman–Crippen MR) is 80.8 cm³/mol. The minimum Gasteiger partial charge on any atom is -0.212 e. The summed E-state index contributed by atoms with van der Waals surface area (Å²) in [4.78, 5) is 4.68. The van der Waals surface area contributed by atoms with Crippen LogP contribution in [-0.4, -0.2) is 22.5 Å². The third-order valence-corrected chi connectivity index (χ3v) is 3.70. The van der Waals surface area contributed by atoms with Gasteiger partial charge in [-0.3, -0.25) is 0 Å². The average Bonchev–Trinajstić information content (AvgIpc) is 2.94. The molecule has 0 atom stereocenters. The highest BCUT2D eigenvalue weighted by Gasteiger charge is 2.29. The lowest BCUT2D eigenvalue weighted by Gasteiger charge is -2.23. The first kappa shape index (κ1) is 12.1. The molecule has 0 saturated heterocycles. The highest BCUT2D eigenvalue weighted by atomic mass is 15.8. The molecule has 2 aromatic carbocycles. The number of hydrogen-bond acceptors (Lipinski definition) is 5. The molecule has 21 heavy (non-hydrogen) atoms. The Morgan fingerprint density at radius 3 is 2.62 bits per heavy atom. The molecule has 2 aromatic rings. The van der Waals surface area contributed by atoms with Gasteiger partial charge in [-0.2, -0.15) is 0 Å². The minimum absolute atomic E-state index is 0.736. The van der Waals surface area contributed by atoms with Crippen molar-refractivity contribution in [3.63, 3.8) is 0 Å². The van der Waals surface area contributed by atoms with Crippen LogP contribution in [0.1, 0.15) is 11.1 Å². The first-order chi connectivity index (χ1) is 10.4. The van der Waals surface area contributed by atoms with Crippen LogP contribution in [0.3, 0.4) is 0 Å². The molecular weight excluding hydrogens is 262 g/mol. The molecule has 0 bridgehead atoms. The van der Waals surface area contributed by atoms with Crippen molar-refractivity contribution in [3.8, 4) is 0 Å². The zero-order valence-corrected chi connectivity index (χ0v) is 11.6. The summed E-state index contributed by atoms with van der Waals surface area (Å²) >= 11 is 0. The highest BCUT2D eigenvalue weighted by Crippen LogP contribution is 2.29. The fraction of sp³-hybridized carbons (Fsp3) is 0.188. The third kappa shape index (κ3) is 2.27. The van der Waals surface area contributed by atoms with Crippen molar-refractivity contribution in [3.05, 3.63) is 65.7 Å². The van der Waals surface area contributed by atoms with Crippen LogP contribution in [0.4, 0.5) is 5.69 Å². The Morgan fingerprint density at radius 2 is 1.71 bits per heavy atom. The molecule has 104 valence electrons. The summed E-state index contributed by atoms with van der Waals surface area (Å²) in [6.45, 7) is 1.52. The van der Waals surface area contributed by atoms with Gasteiger partial charge in [-0.15, -0.1) is 0 Å². The van der Waals surface area contributed by atoms with E-state index in [2.05, 4.69) is 45.8 Å². The van der Waals surface area contributed by atoms with Crippen molar-refractivity contribution in [1.82, 2.24) is 10.0 Å². The van der Waals surface area contributed by atoms with Crippen molar-refractivity contribution in [1.29, 1.82) is 0 Å². The lowest BCUT2D eigenvalue weighted by molar-refractivity contribution is 0.413. The molecule has 0 fully saturated rings. The molecule has 0 spiro atoms. The van der Waals surface area contributed by atoms with Crippen molar-refractivity contribution in [2.45, 2.75) is 13.0 Å². The Morgan fingerprint density at radius 1 is 0.905 bits per heavy atom. The van der Waals surface area contributed by atoms with Crippen LogP contribution >= 0.6 is 0 Å².